The molecule has 17 nitrogen and oxygen atoms in total. The quantitative estimate of drug-likeness (QED) is 0.0348. The summed E-state index contributed by atoms with van der Waals surface area (Å²) in [5.74, 6) is 0.262. The van der Waals surface area contributed by atoms with Gasteiger partial charge in [-0.05, 0) is 144 Å². The number of nitrogens with one attached hydrogen (secondary N) is 1. The van der Waals surface area contributed by atoms with Gasteiger partial charge in [0, 0.05) is 28.0 Å². The molecule has 0 heterocycles. The predicted molar refractivity (Wildman–Crippen MR) is 302 cm³/mol. The van der Waals surface area contributed by atoms with Crippen molar-refractivity contribution in [2.75, 3.05) is 76.6 Å². The third-order valence-electron chi connectivity index (χ3n) is 12.6. The van der Waals surface area contributed by atoms with Crippen LogP contribution >= 0.6 is 58.0 Å². The Hall–Kier alpha value is -6.63. The normalized spacial score (nSPS) is 14.9. The second kappa shape index (κ2) is 29.5. The zero-order chi connectivity index (χ0) is 57.3. The van der Waals surface area contributed by atoms with E-state index >= 15 is 0 Å². The Morgan fingerprint density at radius 3 is 1.29 bits per heavy atom. The van der Waals surface area contributed by atoms with Gasteiger partial charge in [0.05, 0.1) is 71.9 Å². The molecule has 0 aromatic heterocycles. The van der Waals surface area contributed by atoms with Crippen LogP contribution in [0.25, 0.3) is 0 Å². The first-order valence-corrected chi connectivity index (χ1v) is 27.2. The summed E-state index contributed by atoms with van der Waals surface area (Å²) >= 11 is 32.1. The third kappa shape index (κ3) is 16.9. The average molecular weight is 1190 g/mol. The van der Waals surface area contributed by atoms with Gasteiger partial charge >= 0.3 is 23.9 Å². The van der Waals surface area contributed by atoms with E-state index < -0.39 is 23.9 Å². The van der Waals surface area contributed by atoms with Gasteiger partial charge < -0.3 is 53.0 Å². The smallest absolute Gasteiger partial charge is 0.325 e. The highest BCUT2D eigenvalue weighted by Gasteiger charge is 2.40. The molecule has 422 valence electrons. The van der Waals surface area contributed by atoms with Gasteiger partial charge in [0.25, 0.3) is 5.91 Å². The van der Waals surface area contributed by atoms with E-state index in [1.165, 1.54) is 67.2 Å². The SMILES string of the molecule is CCOC(=O)CN(CC(=O)OCC)c1cc(Cl)c(Oc2ccc(OC)c(C(=O)NC3CC4CCC3C4)c2)c(Cl)c1.CCOC(=O)CN(CC(=O)OCC)c1cc(Cl)c(Oc2ccc(OC)c(C(=O)c3ccc(Cl)cc3)c2)c(Cl)c1. The fourth-order valence-electron chi connectivity index (χ4n) is 9.10. The molecule has 79 heavy (non-hydrogen) atoms. The molecule has 0 saturated heterocycles. The van der Waals surface area contributed by atoms with Gasteiger partial charge in [-0.3, -0.25) is 28.8 Å². The molecular weight excluding hydrogens is 1130 g/mol. The summed E-state index contributed by atoms with van der Waals surface area (Å²) in [7, 11) is 2.97. The summed E-state index contributed by atoms with van der Waals surface area (Å²) in [6, 6.07) is 22.3. The number of nitrogens with zero attached hydrogens (tertiary/aromatic N) is 2. The minimum Gasteiger partial charge on any atom is -0.496 e. The largest absolute Gasteiger partial charge is 0.496 e. The molecule has 7 rings (SSSR count). The number of methoxy groups -OCH3 is 2. The highest BCUT2D eigenvalue weighted by atomic mass is 35.5. The summed E-state index contributed by atoms with van der Waals surface area (Å²) in [5.41, 5.74) is 1.81. The molecular formula is C57H60Cl5N3O14. The summed E-state index contributed by atoms with van der Waals surface area (Å²) in [4.78, 5) is 77.9. The second-order valence-electron chi connectivity index (χ2n) is 17.9. The van der Waals surface area contributed by atoms with E-state index in [2.05, 4.69) is 5.32 Å². The van der Waals surface area contributed by atoms with Gasteiger partial charge in [0.1, 0.15) is 49.2 Å². The molecule has 0 spiro atoms. The lowest BCUT2D eigenvalue weighted by Crippen LogP contribution is -2.38. The lowest BCUT2D eigenvalue weighted by molar-refractivity contribution is -0.144. The number of rotatable bonds is 24. The fraction of sp³-hybridized carbons (Fsp3) is 0.368. The monoisotopic (exact) mass is 1190 g/mol. The lowest BCUT2D eigenvalue weighted by Gasteiger charge is -2.24. The molecule has 22 heteroatoms. The first-order chi connectivity index (χ1) is 37.9. The van der Waals surface area contributed by atoms with Crippen molar-refractivity contribution in [3.63, 3.8) is 0 Å². The van der Waals surface area contributed by atoms with Crippen molar-refractivity contribution >= 4 is 105 Å². The van der Waals surface area contributed by atoms with Crippen LogP contribution in [0.1, 0.15) is 79.7 Å². The number of hydrogen-bond donors (Lipinski definition) is 1. The standard InChI is InChI=1S/C29H34Cl2N2O7.C28H26Cl3NO7/c1-4-38-26(34)15-33(16-27(35)39-5-2)19-12-22(30)28(23(31)13-19)40-20-8-9-25(37-3)21(14-20)29(36)32-24-11-17-6-7-18(24)10-17;1-4-37-25(33)15-32(16-26(34)38-5-2)19-12-22(30)28(23(31)13-19)39-20-10-11-24(36-3)21(14-20)27(35)17-6-8-18(29)9-7-17/h8-9,12-14,17-18,24H,4-7,10-11,15-16H2,1-3H3,(H,32,36);6-14H,4-5,15-16H2,1-3H3. The van der Waals surface area contributed by atoms with Crippen molar-refractivity contribution in [3.05, 3.63) is 127 Å². The molecule has 1 amide bonds. The number of hydrogen-bond acceptors (Lipinski definition) is 16. The Morgan fingerprint density at radius 2 is 0.924 bits per heavy atom. The van der Waals surface area contributed by atoms with Gasteiger partial charge in [-0.25, -0.2) is 0 Å². The molecule has 3 unspecified atom stereocenters. The molecule has 2 fully saturated rings. The minimum atomic E-state index is -0.537. The first-order valence-electron chi connectivity index (χ1n) is 25.3. The maximum atomic E-state index is 13.2. The predicted octanol–water partition coefficient (Wildman–Crippen LogP) is 12.3. The Morgan fingerprint density at radius 1 is 0.519 bits per heavy atom. The van der Waals surface area contributed by atoms with Crippen LogP contribution in [0.4, 0.5) is 11.4 Å². The van der Waals surface area contributed by atoms with E-state index in [4.69, 9.17) is 95.9 Å². The van der Waals surface area contributed by atoms with Crippen LogP contribution in [0, 0.1) is 11.8 Å². The topological polar surface area (TPSA) is 195 Å². The molecule has 3 atom stereocenters. The minimum absolute atomic E-state index is 0.108. The van der Waals surface area contributed by atoms with E-state index in [1.807, 2.05) is 0 Å². The number of halogens is 5. The van der Waals surface area contributed by atoms with Gasteiger partial charge in [-0.2, -0.15) is 0 Å². The van der Waals surface area contributed by atoms with Crippen LogP contribution in [-0.4, -0.2) is 108 Å². The number of carbonyl (C=O) groups is 6. The first kappa shape index (κ1) is 61.6. The zero-order valence-electron chi connectivity index (χ0n) is 44.3. The molecule has 2 aliphatic rings. The fourth-order valence-corrected chi connectivity index (χ4v) is 10.3. The molecule has 0 radical (unpaired) electrons. The molecule has 5 aromatic rings. The lowest BCUT2D eigenvalue weighted by atomic mass is 9.95. The van der Waals surface area contributed by atoms with Crippen molar-refractivity contribution in [1.82, 2.24) is 5.32 Å². The third-order valence-corrected chi connectivity index (χ3v) is 14.0. The molecule has 2 saturated carbocycles. The van der Waals surface area contributed by atoms with Gasteiger partial charge in [-0.1, -0.05) is 64.4 Å². The van der Waals surface area contributed by atoms with E-state index in [9.17, 15) is 28.8 Å². The highest BCUT2D eigenvalue weighted by molar-refractivity contribution is 6.38. The van der Waals surface area contributed by atoms with Gasteiger partial charge in [-0.15, -0.1) is 0 Å². The van der Waals surface area contributed by atoms with Crippen molar-refractivity contribution in [1.29, 1.82) is 0 Å². The second-order valence-corrected chi connectivity index (χ2v) is 20.0. The van der Waals surface area contributed by atoms with E-state index in [-0.39, 0.29) is 113 Å². The maximum Gasteiger partial charge on any atom is 0.325 e. The van der Waals surface area contributed by atoms with Crippen LogP contribution < -0.4 is 34.1 Å². The Labute approximate surface area is 483 Å². The summed E-state index contributed by atoms with van der Waals surface area (Å²) < 4.78 is 42.9. The summed E-state index contributed by atoms with van der Waals surface area (Å²) in [5, 5.41) is 4.18. The molecule has 2 aliphatic carbocycles. The van der Waals surface area contributed by atoms with Crippen LogP contribution in [0.3, 0.4) is 0 Å². The van der Waals surface area contributed by atoms with Crippen LogP contribution in [0.5, 0.6) is 34.5 Å². The number of esters is 4. The van der Waals surface area contributed by atoms with E-state index in [0.29, 0.717) is 56.6 Å². The zero-order valence-corrected chi connectivity index (χ0v) is 48.1. The highest BCUT2D eigenvalue weighted by Crippen LogP contribution is 2.46. The van der Waals surface area contributed by atoms with E-state index in [0.717, 1.165) is 12.8 Å². The van der Waals surface area contributed by atoms with Crippen molar-refractivity contribution in [2.24, 2.45) is 11.8 Å². The Balaban J connectivity index is 0.000000255. The number of anilines is 2. The van der Waals surface area contributed by atoms with Gasteiger partial charge in [0.15, 0.2) is 17.3 Å². The average Bonchev–Trinajstić information content (AvgIpc) is 4.05. The number of benzene rings is 5. The van der Waals surface area contributed by atoms with Crippen LogP contribution in [0.2, 0.25) is 25.1 Å². The summed E-state index contributed by atoms with van der Waals surface area (Å²) in [6.07, 6.45) is 4.58. The van der Waals surface area contributed by atoms with E-state index in [1.54, 1.807) is 82.3 Å². The number of ketones is 1. The van der Waals surface area contributed by atoms with Crippen molar-refractivity contribution in [2.45, 2.75) is 59.4 Å². The van der Waals surface area contributed by atoms with Crippen molar-refractivity contribution in [3.8, 4) is 34.5 Å². The van der Waals surface area contributed by atoms with Crippen LogP contribution in [-0.2, 0) is 38.1 Å². The molecule has 2 bridgehead atoms. The Bertz CT molecular complexity index is 2910. The van der Waals surface area contributed by atoms with Crippen molar-refractivity contribution < 1.29 is 66.7 Å². The molecule has 5 aromatic carbocycles. The number of carbonyl (C=O) groups excluding carboxylic acids is 6. The Kier molecular flexibility index (Phi) is 23.0. The van der Waals surface area contributed by atoms with Gasteiger partial charge in [0.2, 0.25) is 0 Å². The number of amides is 1. The summed E-state index contributed by atoms with van der Waals surface area (Å²) in [6.45, 7) is 6.65. The van der Waals surface area contributed by atoms with Crippen LogP contribution in [0.15, 0.2) is 84.9 Å². The number of ether oxygens (including phenoxy) is 8. The number of fused-ring (bicyclic) bond motifs is 2. The maximum absolute atomic E-state index is 13.2. The molecule has 1 N–H and O–H groups in total. The molecule has 0 aliphatic heterocycles.